The average Bonchev–Trinajstić information content (AvgIpc) is 2.51. The Morgan fingerprint density at radius 1 is 1.47 bits per heavy atom. The summed E-state index contributed by atoms with van der Waals surface area (Å²) in [5.74, 6) is -0.0646. The summed E-state index contributed by atoms with van der Waals surface area (Å²) in [7, 11) is 1.62. The maximum atomic E-state index is 11.4. The van der Waals surface area contributed by atoms with Crippen LogP contribution in [0.4, 0.5) is 0 Å². The predicted octanol–water partition coefficient (Wildman–Crippen LogP) is 0.986. The SMILES string of the molecule is CNC(=O)C1=CC=C2C=CC=NN=C2C1. The van der Waals surface area contributed by atoms with Gasteiger partial charge in [-0.15, -0.1) is 0 Å². The summed E-state index contributed by atoms with van der Waals surface area (Å²) in [5.41, 5.74) is 2.56. The molecule has 0 aromatic rings. The highest BCUT2D eigenvalue weighted by molar-refractivity contribution is 6.11. The molecule has 1 aliphatic heterocycles. The summed E-state index contributed by atoms with van der Waals surface area (Å²) in [6, 6.07) is 0. The molecule has 1 amide bonds. The van der Waals surface area contributed by atoms with Gasteiger partial charge in [-0.2, -0.15) is 10.2 Å². The van der Waals surface area contributed by atoms with E-state index in [1.165, 1.54) is 0 Å². The first-order valence-electron chi connectivity index (χ1n) is 4.71. The number of carbonyl (C=O) groups excluding carboxylic acids is 1. The van der Waals surface area contributed by atoms with Crippen LogP contribution in [0, 0.1) is 0 Å². The Balaban J connectivity index is 2.32. The van der Waals surface area contributed by atoms with E-state index in [1.54, 1.807) is 13.3 Å². The van der Waals surface area contributed by atoms with Gasteiger partial charge in [-0.25, -0.2) is 0 Å². The predicted molar refractivity (Wildman–Crippen MR) is 59.9 cm³/mol. The topological polar surface area (TPSA) is 53.8 Å². The van der Waals surface area contributed by atoms with Crippen molar-refractivity contribution in [2.75, 3.05) is 7.05 Å². The van der Waals surface area contributed by atoms with Gasteiger partial charge < -0.3 is 5.32 Å². The van der Waals surface area contributed by atoms with E-state index in [0.717, 1.165) is 11.3 Å². The molecule has 0 spiro atoms. The Labute approximate surface area is 87.8 Å². The van der Waals surface area contributed by atoms with Crippen LogP contribution in [0.2, 0.25) is 0 Å². The van der Waals surface area contributed by atoms with E-state index >= 15 is 0 Å². The fourth-order valence-corrected chi connectivity index (χ4v) is 1.48. The van der Waals surface area contributed by atoms with Gasteiger partial charge in [-0.05, 0) is 11.6 Å². The van der Waals surface area contributed by atoms with Crippen molar-refractivity contribution in [2.24, 2.45) is 10.2 Å². The van der Waals surface area contributed by atoms with Crippen LogP contribution in [0.25, 0.3) is 0 Å². The minimum atomic E-state index is -0.0646. The molecule has 0 saturated heterocycles. The lowest BCUT2D eigenvalue weighted by Gasteiger charge is -2.12. The molecule has 1 heterocycles. The van der Waals surface area contributed by atoms with Crippen LogP contribution in [-0.4, -0.2) is 24.9 Å². The quantitative estimate of drug-likeness (QED) is 0.675. The summed E-state index contributed by atoms with van der Waals surface area (Å²) in [6.07, 6.45) is 9.65. The lowest BCUT2D eigenvalue weighted by Crippen LogP contribution is -2.23. The van der Waals surface area contributed by atoms with Gasteiger partial charge in [-0.1, -0.05) is 18.2 Å². The summed E-state index contributed by atoms with van der Waals surface area (Å²) in [4.78, 5) is 11.4. The largest absolute Gasteiger partial charge is 0.355 e. The summed E-state index contributed by atoms with van der Waals surface area (Å²) in [5, 5.41) is 10.5. The monoisotopic (exact) mass is 201 g/mol. The number of amides is 1. The highest BCUT2D eigenvalue weighted by Gasteiger charge is 2.17. The number of likely N-dealkylation sites (N-methyl/N-ethyl adjacent to an activating group) is 1. The molecular formula is C11H11N3O. The van der Waals surface area contributed by atoms with Crippen molar-refractivity contribution in [3.63, 3.8) is 0 Å². The molecule has 0 aromatic carbocycles. The van der Waals surface area contributed by atoms with E-state index in [4.69, 9.17) is 0 Å². The zero-order valence-corrected chi connectivity index (χ0v) is 8.40. The number of nitrogens with zero attached hydrogens (tertiary/aromatic N) is 2. The minimum Gasteiger partial charge on any atom is -0.355 e. The molecule has 2 rings (SSSR count). The third-order valence-electron chi connectivity index (χ3n) is 2.28. The van der Waals surface area contributed by atoms with Crippen molar-refractivity contribution in [3.8, 4) is 0 Å². The van der Waals surface area contributed by atoms with Crippen LogP contribution >= 0.6 is 0 Å². The molecule has 1 aliphatic carbocycles. The van der Waals surface area contributed by atoms with E-state index in [0.29, 0.717) is 12.0 Å². The van der Waals surface area contributed by atoms with Crippen molar-refractivity contribution >= 4 is 17.8 Å². The molecule has 76 valence electrons. The Bertz CT molecular complexity index is 439. The van der Waals surface area contributed by atoms with Crippen molar-refractivity contribution in [3.05, 3.63) is 35.5 Å². The van der Waals surface area contributed by atoms with Gasteiger partial charge in [0.05, 0.1) is 5.71 Å². The van der Waals surface area contributed by atoms with E-state index in [2.05, 4.69) is 15.5 Å². The molecule has 0 bridgehead atoms. The maximum Gasteiger partial charge on any atom is 0.247 e. The van der Waals surface area contributed by atoms with Crippen LogP contribution < -0.4 is 5.32 Å². The second-order valence-corrected chi connectivity index (χ2v) is 3.24. The summed E-state index contributed by atoms with van der Waals surface area (Å²) >= 11 is 0. The Morgan fingerprint density at radius 3 is 3.13 bits per heavy atom. The zero-order chi connectivity index (χ0) is 10.7. The molecule has 0 radical (unpaired) electrons. The zero-order valence-electron chi connectivity index (χ0n) is 8.40. The average molecular weight is 201 g/mol. The van der Waals surface area contributed by atoms with Gasteiger partial charge in [0.25, 0.3) is 0 Å². The molecule has 4 nitrogen and oxygen atoms in total. The first kappa shape index (κ1) is 9.58. The number of hydrogen-bond donors (Lipinski definition) is 1. The van der Waals surface area contributed by atoms with E-state index < -0.39 is 0 Å². The standard InChI is InChI=1S/C11H11N3O/c1-12-11(15)9-5-4-8-3-2-6-13-14-10(8)7-9/h2-6H,7H2,1H3,(H,12,15). The van der Waals surface area contributed by atoms with Crippen molar-refractivity contribution in [1.82, 2.24) is 5.32 Å². The van der Waals surface area contributed by atoms with Crippen LogP contribution in [0.15, 0.2) is 45.7 Å². The normalized spacial score (nSPS) is 18.3. The van der Waals surface area contributed by atoms with E-state index in [1.807, 2.05) is 24.3 Å². The Hall–Kier alpha value is -1.97. The second-order valence-electron chi connectivity index (χ2n) is 3.24. The molecule has 15 heavy (non-hydrogen) atoms. The van der Waals surface area contributed by atoms with E-state index in [-0.39, 0.29) is 5.91 Å². The summed E-state index contributed by atoms with van der Waals surface area (Å²) in [6.45, 7) is 0. The molecule has 0 saturated carbocycles. The van der Waals surface area contributed by atoms with Crippen LogP contribution in [0.1, 0.15) is 6.42 Å². The van der Waals surface area contributed by atoms with Crippen molar-refractivity contribution in [2.45, 2.75) is 6.42 Å². The third-order valence-corrected chi connectivity index (χ3v) is 2.28. The molecule has 2 aliphatic rings. The lowest BCUT2D eigenvalue weighted by molar-refractivity contribution is -0.117. The molecule has 1 N–H and O–H groups in total. The number of nitrogens with one attached hydrogen (secondary N) is 1. The first-order valence-corrected chi connectivity index (χ1v) is 4.71. The van der Waals surface area contributed by atoms with Crippen LogP contribution in [0.5, 0.6) is 0 Å². The number of rotatable bonds is 1. The minimum absolute atomic E-state index is 0.0646. The number of allylic oxidation sites excluding steroid dienone is 5. The lowest BCUT2D eigenvalue weighted by atomic mass is 9.95. The van der Waals surface area contributed by atoms with Gasteiger partial charge in [0, 0.05) is 25.3 Å². The third kappa shape index (κ3) is 1.93. The van der Waals surface area contributed by atoms with Gasteiger partial charge >= 0.3 is 0 Å². The fraction of sp³-hybridized carbons (Fsp3) is 0.182. The van der Waals surface area contributed by atoms with Gasteiger partial charge in [0.2, 0.25) is 5.91 Å². The highest BCUT2D eigenvalue weighted by atomic mass is 16.1. The van der Waals surface area contributed by atoms with Crippen LogP contribution in [0.3, 0.4) is 0 Å². The summed E-state index contributed by atoms with van der Waals surface area (Å²) < 4.78 is 0. The Morgan fingerprint density at radius 2 is 2.33 bits per heavy atom. The molecule has 4 heteroatoms. The molecule has 0 atom stereocenters. The van der Waals surface area contributed by atoms with Crippen molar-refractivity contribution in [1.29, 1.82) is 0 Å². The Kier molecular flexibility index (Phi) is 2.58. The van der Waals surface area contributed by atoms with Gasteiger partial charge in [0.1, 0.15) is 0 Å². The first-order chi connectivity index (χ1) is 7.31. The second kappa shape index (κ2) is 4.04. The fourth-order valence-electron chi connectivity index (χ4n) is 1.48. The molecule has 0 aromatic heterocycles. The van der Waals surface area contributed by atoms with E-state index in [9.17, 15) is 4.79 Å². The highest BCUT2D eigenvalue weighted by Crippen LogP contribution is 2.18. The van der Waals surface area contributed by atoms with Gasteiger partial charge in [-0.3, -0.25) is 4.79 Å². The number of carbonyl (C=O) groups is 1. The molecule has 0 fully saturated rings. The molecular weight excluding hydrogens is 190 g/mol. The molecule has 0 unspecified atom stereocenters. The van der Waals surface area contributed by atoms with Gasteiger partial charge in [0.15, 0.2) is 0 Å². The maximum absolute atomic E-state index is 11.4. The smallest absolute Gasteiger partial charge is 0.247 e. The van der Waals surface area contributed by atoms with Crippen molar-refractivity contribution < 1.29 is 4.79 Å². The van der Waals surface area contributed by atoms with Crippen LogP contribution in [-0.2, 0) is 4.79 Å². The number of fused-ring (bicyclic) bond motifs is 1. The number of hydrogen-bond acceptors (Lipinski definition) is 3.